The average Bonchev–Trinajstić information content (AvgIpc) is 2.88. The molecule has 1 heterocycles. The van der Waals surface area contributed by atoms with E-state index in [1.807, 2.05) is 7.05 Å². The van der Waals surface area contributed by atoms with Gasteiger partial charge >= 0.3 is 0 Å². The fraction of sp³-hybridized carbons (Fsp3) is 0.786. The summed E-state index contributed by atoms with van der Waals surface area (Å²) in [6.07, 6.45) is 6.96. The molecule has 0 aliphatic rings. The highest BCUT2D eigenvalue weighted by Crippen LogP contribution is 2.09. The number of aromatic nitrogens is 2. The van der Waals surface area contributed by atoms with Crippen LogP contribution in [-0.2, 0) is 16.6 Å². The summed E-state index contributed by atoms with van der Waals surface area (Å²) in [5.74, 6) is 0.664. The minimum atomic E-state index is -3.42. The van der Waals surface area contributed by atoms with Gasteiger partial charge in [-0.15, -0.1) is 0 Å². The molecule has 0 aromatic carbocycles. The summed E-state index contributed by atoms with van der Waals surface area (Å²) in [5.41, 5.74) is 0. The quantitative estimate of drug-likeness (QED) is 0.608. The molecular formula is C14H28N4O2S. The first kappa shape index (κ1) is 18.1. The number of hydrogen-bond acceptors (Lipinski definition) is 4. The Morgan fingerprint density at radius 3 is 2.67 bits per heavy atom. The van der Waals surface area contributed by atoms with Crippen LogP contribution < -0.4 is 10.0 Å². The second-order valence-electron chi connectivity index (χ2n) is 5.68. The average molecular weight is 316 g/mol. The van der Waals surface area contributed by atoms with Gasteiger partial charge in [-0.05, 0) is 32.4 Å². The Morgan fingerprint density at radius 1 is 1.24 bits per heavy atom. The van der Waals surface area contributed by atoms with Crippen LogP contribution in [-0.4, -0.2) is 38.3 Å². The summed E-state index contributed by atoms with van der Waals surface area (Å²) in [6.45, 7) is 6.43. The predicted octanol–water partition coefficient (Wildman–Crippen LogP) is 1.60. The van der Waals surface area contributed by atoms with Crippen molar-refractivity contribution in [3.8, 4) is 0 Å². The highest BCUT2D eigenvalue weighted by molar-refractivity contribution is 7.89. The first-order valence-corrected chi connectivity index (χ1v) is 9.10. The highest BCUT2D eigenvalue weighted by atomic mass is 32.2. The summed E-state index contributed by atoms with van der Waals surface area (Å²) in [5, 5.41) is 7.14. The minimum absolute atomic E-state index is 0.246. The number of aryl methyl sites for hydroxylation is 1. The van der Waals surface area contributed by atoms with Crippen molar-refractivity contribution in [3.63, 3.8) is 0 Å². The standard InChI is InChI=1S/C14H28N4O2S/c1-13(2)7-4-5-9-17-21(19,20)14-11-16-18(12-14)10-6-8-15-3/h11-13,15,17H,4-10H2,1-3H3. The molecule has 2 N–H and O–H groups in total. The second-order valence-corrected chi connectivity index (χ2v) is 7.45. The van der Waals surface area contributed by atoms with E-state index in [0.29, 0.717) is 19.0 Å². The van der Waals surface area contributed by atoms with Crippen LogP contribution in [0.3, 0.4) is 0 Å². The smallest absolute Gasteiger partial charge is 0.243 e. The summed E-state index contributed by atoms with van der Waals surface area (Å²) in [6, 6.07) is 0. The molecule has 0 saturated heterocycles. The van der Waals surface area contributed by atoms with Gasteiger partial charge in [0.05, 0.1) is 6.20 Å². The van der Waals surface area contributed by atoms with Crippen molar-refractivity contribution >= 4 is 10.0 Å². The summed E-state index contributed by atoms with van der Waals surface area (Å²) >= 11 is 0. The van der Waals surface area contributed by atoms with Crippen molar-refractivity contribution in [2.45, 2.75) is 51.0 Å². The van der Waals surface area contributed by atoms with Gasteiger partial charge in [0.1, 0.15) is 4.90 Å². The largest absolute Gasteiger partial charge is 0.320 e. The van der Waals surface area contributed by atoms with Crippen LogP contribution in [0.5, 0.6) is 0 Å². The third-order valence-electron chi connectivity index (χ3n) is 3.23. The van der Waals surface area contributed by atoms with Gasteiger partial charge in [0.25, 0.3) is 0 Å². The van der Waals surface area contributed by atoms with Gasteiger partial charge in [0.2, 0.25) is 10.0 Å². The highest BCUT2D eigenvalue weighted by Gasteiger charge is 2.15. The zero-order valence-corrected chi connectivity index (χ0v) is 14.1. The van der Waals surface area contributed by atoms with Gasteiger partial charge in [-0.25, -0.2) is 13.1 Å². The van der Waals surface area contributed by atoms with E-state index in [9.17, 15) is 8.42 Å². The fourth-order valence-corrected chi connectivity index (χ4v) is 3.02. The fourth-order valence-electron chi connectivity index (χ4n) is 1.99. The summed E-state index contributed by atoms with van der Waals surface area (Å²) in [4.78, 5) is 0.246. The molecule has 0 saturated carbocycles. The van der Waals surface area contributed by atoms with E-state index in [1.165, 1.54) is 6.20 Å². The van der Waals surface area contributed by atoms with E-state index < -0.39 is 10.0 Å². The van der Waals surface area contributed by atoms with Crippen LogP contribution in [0.25, 0.3) is 0 Å². The molecular weight excluding hydrogens is 288 g/mol. The lowest BCUT2D eigenvalue weighted by molar-refractivity contribution is 0.530. The van der Waals surface area contributed by atoms with Crippen LogP contribution in [0.4, 0.5) is 0 Å². The molecule has 0 atom stereocenters. The molecule has 1 aromatic rings. The molecule has 6 nitrogen and oxygen atoms in total. The normalized spacial score (nSPS) is 12.2. The lowest BCUT2D eigenvalue weighted by atomic mass is 10.1. The topological polar surface area (TPSA) is 76.0 Å². The summed E-state index contributed by atoms with van der Waals surface area (Å²) < 4.78 is 28.5. The number of rotatable bonds is 11. The van der Waals surface area contributed by atoms with Crippen molar-refractivity contribution in [1.29, 1.82) is 0 Å². The Balaban J connectivity index is 2.39. The first-order chi connectivity index (χ1) is 9.95. The Bertz CT molecular complexity index is 497. The van der Waals surface area contributed by atoms with Crippen molar-refractivity contribution < 1.29 is 8.42 Å². The molecule has 0 amide bonds. The molecule has 122 valence electrons. The molecule has 0 radical (unpaired) electrons. The van der Waals surface area contributed by atoms with Crippen LogP contribution in [0, 0.1) is 5.92 Å². The first-order valence-electron chi connectivity index (χ1n) is 7.62. The van der Waals surface area contributed by atoms with Gasteiger partial charge in [0.15, 0.2) is 0 Å². The van der Waals surface area contributed by atoms with Gasteiger partial charge in [-0.3, -0.25) is 4.68 Å². The van der Waals surface area contributed by atoms with E-state index in [1.54, 1.807) is 10.9 Å². The van der Waals surface area contributed by atoms with Gasteiger partial charge in [-0.1, -0.05) is 26.7 Å². The molecule has 0 unspecified atom stereocenters. The van der Waals surface area contributed by atoms with Crippen LogP contribution in [0.2, 0.25) is 0 Å². The van der Waals surface area contributed by atoms with Gasteiger partial charge in [-0.2, -0.15) is 5.10 Å². The number of nitrogens with zero attached hydrogens (tertiary/aromatic N) is 2. The van der Waals surface area contributed by atoms with E-state index in [4.69, 9.17) is 0 Å². The molecule has 0 aliphatic carbocycles. The van der Waals surface area contributed by atoms with E-state index in [-0.39, 0.29) is 4.90 Å². The van der Waals surface area contributed by atoms with Gasteiger partial charge in [0, 0.05) is 19.3 Å². The maximum Gasteiger partial charge on any atom is 0.243 e. The molecule has 0 spiro atoms. The molecule has 0 bridgehead atoms. The monoisotopic (exact) mass is 316 g/mol. The van der Waals surface area contributed by atoms with Crippen LogP contribution in [0.15, 0.2) is 17.3 Å². The van der Waals surface area contributed by atoms with E-state index in [0.717, 1.165) is 32.2 Å². The molecule has 0 aliphatic heterocycles. The molecule has 7 heteroatoms. The SMILES string of the molecule is CNCCCn1cc(S(=O)(=O)NCCCCC(C)C)cn1. The number of hydrogen-bond donors (Lipinski definition) is 2. The zero-order chi connectivity index (χ0) is 15.7. The molecule has 1 aromatic heterocycles. The summed E-state index contributed by atoms with van der Waals surface area (Å²) in [7, 11) is -1.53. The second kappa shape index (κ2) is 9.17. The zero-order valence-electron chi connectivity index (χ0n) is 13.3. The number of sulfonamides is 1. The van der Waals surface area contributed by atoms with Crippen LogP contribution >= 0.6 is 0 Å². The number of unbranched alkanes of at least 4 members (excludes halogenated alkanes) is 1. The Kier molecular flexibility index (Phi) is 7.92. The third kappa shape index (κ3) is 7.06. The third-order valence-corrected chi connectivity index (χ3v) is 4.65. The maximum absolute atomic E-state index is 12.1. The van der Waals surface area contributed by atoms with Crippen molar-refractivity contribution in [2.75, 3.05) is 20.1 Å². The van der Waals surface area contributed by atoms with Gasteiger partial charge < -0.3 is 5.32 Å². The van der Waals surface area contributed by atoms with Crippen molar-refractivity contribution in [3.05, 3.63) is 12.4 Å². The number of nitrogens with one attached hydrogen (secondary N) is 2. The molecule has 21 heavy (non-hydrogen) atoms. The van der Waals surface area contributed by atoms with E-state index >= 15 is 0 Å². The van der Waals surface area contributed by atoms with Crippen molar-refractivity contribution in [1.82, 2.24) is 19.8 Å². The maximum atomic E-state index is 12.1. The Labute approximate surface area is 128 Å². The lowest BCUT2D eigenvalue weighted by Crippen LogP contribution is -2.24. The van der Waals surface area contributed by atoms with E-state index in [2.05, 4.69) is 29.0 Å². The minimum Gasteiger partial charge on any atom is -0.320 e. The van der Waals surface area contributed by atoms with Crippen LogP contribution in [0.1, 0.15) is 39.5 Å². The predicted molar refractivity (Wildman–Crippen MR) is 84.6 cm³/mol. The lowest BCUT2D eigenvalue weighted by Gasteiger charge is -2.06. The Morgan fingerprint density at radius 2 is 2.00 bits per heavy atom. The molecule has 1 rings (SSSR count). The van der Waals surface area contributed by atoms with Crippen molar-refractivity contribution in [2.24, 2.45) is 5.92 Å². The Hall–Kier alpha value is -0.920. The molecule has 0 fully saturated rings.